The smallest absolute Gasteiger partial charge is 0.232 e. The van der Waals surface area contributed by atoms with Crippen LogP contribution in [0, 0.1) is 11.3 Å². The molecular formula is C21H22N4O4. The van der Waals surface area contributed by atoms with Crippen LogP contribution in [0.3, 0.4) is 0 Å². The van der Waals surface area contributed by atoms with Gasteiger partial charge in [-0.05, 0) is 36.4 Å². The Morgan fingerprint density at radius 3 is 2.69 bits per heavy atom. The van der Waals surface area contributed by atoms with Gasteiger partial charge in [0, 0.05) is 25.2 Å². The average Bonchev–Trinajstić information content (AvgIpc) is 3.45. The number of morpholine rings is 1. The number of hydrogen-bond donors (Lipinski definition) is 1. The number of furan rings is 1. The maximum Gasteiger partial charge on any atom is 0.232 e. The lowest BCUT2D eigenvalue weighted by atomic mass is 10.1. The molecule has 1 unspecified atom stereocenters. The Morgan fingerprint density at radius 1 is 1.24 bits per heavy atom. The van der Waals surface area contributed by atoms with Crippen molar-refractivity contribution in [2.24, 2.45) is 0 Å². The van der Waals surface area contributed by atoms with Gasteiger partial charge >= 0.3 is 0 Å². The van der Waals surface area contributed by atoms with E-state index in [1.54, 1.807) is 13.4 Å². The minimum Gasteiger partial charge on any atom is -0.497 e. The lowest BCUT2D eigenvalue weighted by molar-refractivity contribution is 0.0144. The molecule has 0 amide bonds. The van der Waals surface area contributed by atoms with E-state index in [0.717, 1.165) is 30.2 Å². The molecule has 0 bridgehead atoms. The Morgan fingerprint density at radius 2 is 2.03 bits per heavy atom. The van der Waals surface area contributed by atoms with E-state index < -0.39 is 0 Å². The van der Waals surface area contributed by atoms with Crippen molar-refractivity contribution in [2.75, 3.05) is 45.3 Å². The van der Waals surface area contributed by atoms with Gasteiger partial charge in [0.1, 0.15) is 17.6 Å². The number of benzene rings is 1. The molecule has 0 spiro atoms. The Bertz CT molecular complexity index is 954. The van der Waals surface area contributed by atoms with Crippen LogP contribution in [0.4, 0.5) is 5.88 Å². The number of aromatic nitrogens is 1. The molecule has 8 heteroatoms. The van der Waals surface area contributed by atoms with Crippen molar-refractivity contribution in [1.29, 1.82) is 5.26 Å². The molecule has 0 aliphatic carbocycles. The molecule has 150 valence electrons. The molecule has 29 heavy (non-hydrogen) atoms. The summed E-state index contributed by atoms with van der Waals surface area (Å²) in [6, 6.07) is 13.3. The van der Waals surface area contributed by atoms with Crippen LogP contribution in [0.25, 0.3) is 11.5 Å². The molecular weight excluding hydrogens is 372 g/mol. The quantitative estimate of drug-likeness (QED) is 0.652. The van der Waals surface area contributed by atoms with Crippen LogP contribution in [0.1, 0.15) is 17.5 Å². The largest absolute Gasteiger partial charge is 0.497 e. The maximum absolute atomic E-state index is 9.48. The lowest BCUT2D eigenvalue weighted by Gasteiger charge is -2.33. The molecule has 0 radical (unpaired) electrons. The van der Waals surface area contributed by atoms with Crippen LogP contribution < -0.4 is 10.1 Å². The van der Waals surface area contributed by atoms with Gasteiger partial charge in [-0.1, -0.05) is 0 Å². The number of rotatable bonds is 7. The summed E-state index contributed by atoms with van der Waals surface area (Å²) in [4.78, 5) is 6.61. The molecule has 0 saturated carbocycles. The zero-order valence-corrected chi connectivity index (χ0v) is 16.1. The molecule has 1 atom stereocenters. The van der Waals surface area contributed by atoms with Crippen molar-refractivity contribution >= 4 is 5.88 Å². The molecule has 1 aliphatic heterocycles. The third kappa shape index (κ3) is 4.26. The summed E-state index contributed by atoms with van der Waals surface area (Å²) >= 11 is 0. The summed E-state index contributed by atoms with van der Waals surface area (Å²) in [5.41, 5.74) is 0.988. The van der Waals surface area contributed by atoms with Gasteiger partial charge in [-0.25, -0.2) is 0 Å². The monoisotopic (exact) mass is 394 g/mol. The molecule has 3 aromatic rings. The first-order valence-corrected chi connectivity index (χ1v) is 9.43. The molecule has 4 rings (SSSR count). The number of oxazole rings is 1. The molecule has 8 nitrogen and oxygen atoms in total. The lowest BCUT2D eigenvalue weighted by Crippen LogP contribution is -2.41. The number of anilines is 1. The van der Waals surface area contributed by atoms with Gasteiger partial charge in [-0.2, -0.15) is 10.2 Å². The average molecular weight is 394 g/mol. The second-order valence-electron chi connectivity index (χ2n) is 6.60. The highest BCUT2D eigenvalue weighted by atomic mass is 16.5. The molecule has 1 fully saturated rings. The predicted molar refractivity (Wildman–Crippen MR) is 106 cm³/mol. The van der Waals surface area contributed by atoms with Gasteiger partial charge < -0.3 is 23.6 Å². The SMILES string of the molecule is COc1ccc(-c2nc(C#N)c(NCC(c3ccco3)N3CCOCC3)o2)cc1. The zero-order chi connectivity index (χ0) is 20.1. The number of ether oxygens (including phenoxy) is 2. The van der Waals surface area contributed by atoms with Crippen LogP contribution >= 0.6 is 0 Å². The minimum absolute atomic E-state index is 0.00465. The van der Waals surface area contributed by atoms with Gasteiger partial charge in [0.05, 0.1) is 32.6 Å². The molecule has 1 aromatic carbocycles. The van der Waals surface area contributed by atoms with Crippen molar-refractivity contribution in [1.82, 2.24) is 9.88 Å². The Hall–Kier alpha value is -3.28. The van der Waals surface area contributed by atoms with Crippen LogP contribution in [0.2, 0.25) is 0 Å². The summed E-state index contributed by atoms with van der Waals surface area (Å²) < 4.78 is 22.1. The second-order valence-corrected chi connectivity index (χ2v) is 6.60. The van der Waals surface area contributed by atoms with Crippen molar-refractivity contribution in [3.8, 4) is 23.3 Å². The number of methoxy groups -OCH3 is 1. The molecule has 1 saturated heterocycles. The molecule has 2 aromatic heterocycles. The van der Waals surface area contributed by atoms with Gasteiger partial charge in [-0.15, -0.1) is 0 Å². The Kier molecular flexibility index (Phi) is 5.79. The minimum atomic E-state index is -0.00465. The Labute approximate surface area is 168 Å². The van der Waals surface area contributed by atoms with Gasteiger partial charge in [-0.3, -0.25) is 4.90 Å². The van der Waals surface area contributed by atoms with E-state index in [-0.39, 0.29) is 11.7 Å². The first-order valence-electron chi connectivity index (χ1n) is 9.43. The normalized spacial score (nSPS) is 15.6. The summed E-state index contributed by atoms with van der Waals surface area (Å²) in [5, 5.41) is 12.7. The van der Waals surface area contributed by atoms with Gasteiger partial charge in [0.2, 0.25) is 17.5 Å². The Balaban J connectivity index is 1.53. The second kappa shape index (κ2) is 8.82. The van der Waals surface area contributed by atoms with Crippen LogP contribution in [0.15, 0.2) is 51.5 Å². The van der Waals surface area contributed by atoms with Crippen LogP contribution in [-0.2, 0) is 4.74 Å². The van der Waals surface area contributed by atoms with Crippen molar-refractivity contribution in [2.45, 2.75) is 6.04 Å². The number of hydrogen-bond acceptors (Lipinski definition) is 8. The highest BCUT2D eigenvalue weighted by molar-refractivity contribution is 5.59. The summed E-state index contributed by atoms with van der Waals surface area (Å²) in [6.07, 6.45) is 1.67. The van der Waals surface area contributed by atoms with E-state index in [2.05, 4.69) is 21.3 Å². The zero-order valence-electron chi connectivity index (χ0n) is 16.1. The highest BCUT2D eigenvalue weighted by Gasteiger charge is 2.26. The van der Waals surface area contributed by atoms with Crippen molar-refractivity contribution in [3.05, 3.63) is 54.1 Å². The van der Waals surface area contributed by atoms with E-state index in [4.69, 9.17) is 18.3 Å². The number of nitrogens with one attached hydrogen (secondary N) is 1. The summed E-state index contributed by atoms with van der Waals surface area (Å²) in [5.74, 6) is 2.33. The molecule has 1 N–H and O–H groups in total. The van der Waals surface area contributed by atoms with Crippen LogP contribution in [-0.4, -0.2) is 49.8 Å². The first kappa shape index (κ1) is 19.1. The van der Waals surface area contributed by atoms with Crippen molar-refractivity contribution < 1.29 is 18.3 Å². The molecule has 3 heterocycles. The van der Waals surface area contributed by atoms with E-state index in [9.17, 15) is 5.26 Å². The standard InChI is InChI=1S/C21H22N4O4/c1-26-16-6-4-15(5-7-16)20-24-17(13-22)21(29-20)23-14-18(19-3-2-10-28-19)25-8-11-27-12-9-25/h2-7,10,18,23H,8-9,11-12,14H2,1H3. The highest BCUT2D eigenvalue weighted by Crippen LogP contribution is 2.28. The van der Waals surface area contributed by atoms with Crippen LogP contribution in [0.5, 0.6) is 5.75 Å². The van der Waals surface area contributed by atoms with E-state index >= 15 is 0 Å². The predicted octanol–water partition coefficient (Wildman–Crippen LogP) is 3.30. The summed E-state index contributed by atoms with van der Waals surface area (Å²) in [6.45, 7) is 3.51. The fourth-order valence-corrected chi connectivity index (χ4v) is 3.34. The fraction of sp³-hybridized carbons (Fsp3) is 0.333. The van der Waals surface area contributed by atoms with Gasteiger partial charge in [0.25, 0.3) is 0 Å². The third-order valence-electron chi connectivity index (χ3n) is 4.88. The number of nitrogens with zero attached hydrogens (tertiary/aromatic N) is 3. The summed E-state index contributed by atoms with van der Waals surface area (Å²) in [7, 11) is 1.61. The number of nitriles is 1. The van der Waals surface area contributed by atoms with E-state index in [1.807, 2.05) is 36.4 Å². The van der Waals surface area contributed by atoms with E-state index in [0.29, 0.717) is 31.5 Å². The fourth-order valence-electron chi connectivity index (χ4n) is 3.34. The van der Waals surface area contributed by atoms with Crippen molar-refractivity contribution in [3.63, 3.8) is 0 Å². The maximum atomic E-state index is 9.48. The van der Waals surface area contributed by atoms with E-state index in [1.165, 1.54) is 0 Å². The first-order chi connectivity index (χ1) is 14.3. The topological polar surface area (TPSA) is 96.7 Å². The third-order valence-corrected chi connectivity index (χ3v) is 4.88. The van der Waals surface area contributed by atoms with Gasteiger partial charge in [0.15, 0.2) is 0 Å². The molecule has 1 aliphatic rings.